The fourth-order valence-corrected chi connectivity index (χ4v) is 2.52. The van der Waals surface area contributed by atoms with E-state index in [0.717, 1.165) is 38.9 Å². The van der Waals surface area contributed by atoms with Crippen molar-refractivity contribution in [3.05, 3.63) is 0 Å². The highest BCUT2D eigenvalue weighted by atomic mass is 15.3. The zero-order valence-corrected chi connectivity index (χ0v) is 11.7. The third kappa shape index (κ3) is 3.44. The molecule has 1 saturated heterocycles. The van der Waals surface area contributed by atoms with Gasteiger partial charge in [-0.25, -0.2) is 0 Å². The summed E-state index contributed by atoms with van der Waals surface area (Å²) >= 11 is 0. The number of likely N-dealkylation sites (tertiary alicyclic amines) is 1. The molecule has 1 aliphatic rings. The summed E-state index contributed by atoms with van der Waals surface area (Å²) in [6.45, 7) is 5.26. The SMILES string of the molecule is CCCN(c1nc(N)nc(N)n1)C1CCN(C)CC1. The first-order valence-electron chi connectivity index (χ1n) is 6.82. The predicted molar refractivity (Wildman–Crippen MR) is 76.8 cm³/mol. The van der Waals surface area contributed by atoms with Crippen molar-refractivity contribution >= 4 is 17.8 Å². The molecule has 0 bridgehead atoms. The average molecular weight is 265 g/mol. The summed E-state index contributed by atoms with van der Waals surface area (Å²) in [6.07, 6.45) is 3.27. The third-order valence-electron chi connectivity index (χ3n) is 3.51. The Morgan fingerprint density at radius 3 is 2.26 bits per heavy atom. The van der Waals surface area contributed by atoms with Gasteiger partial charge in [0.1, 0.15) is 0 Å². The van der Waals surface area contributed by atoms with Gasteiger partial charge in [-0.15, -0.1) is 0 Å². The Morgan fingerprint density at radius 2 is 1.74 bits per heavy atom. The van der Waals surface area contributed by atoms with Crippen molar-refractivity contribution in [3.8, 4) is 0 Å². The molecule has 1 aliphatic heterocycles. The first-order valence-corrected chi connectivity index (χ1v) is 6.82. The van der Waals surface area contributed by atoms with Crippen molar-refractivity contribution in [2.45, 2.75) is 32.2 Å². The molecule has 0 spiro atoms. The molecule has 2 rings (SSSR count). The van der Waals surface area contributed by atoms with Gasteiger partial charge in [0.15, 0.2) is 0 Å². The van der Waals surface area contributed by atoms with Crippen LogP contribution in [-0.4, -0.2) is 52.6 Å². The maximum Gasteiger partial charge on any atom is 0.232 e. The van der Waals surface area contributed by atoms with Crippen molar-refractivity contribution in [2.24, 2.45) is 0 Å². The monoisotopic (exact) mass is 265 g/mol. The molecule has 1 aromatic rings. The van der Waals surface area contributed by atoms with E-state index in [2.05, 4.69) is 38.7 Å². The topological polar surface area (TPSA) is 97.2 Å². The number of aromatic nitrogens is 3. The molecule has 0 aromatic carbocycles. The summed E-state index contributed by atoms with van der Waals surface area (Å²) in [4.78, 5) is 16.9. The molecule has 2 heterocycles. The number of nitrogens with zero attached hydrogens (tertiary/aromatic N) is 5. The highest BCUT2D eigenvalue weighted by molar-refractivity contribution is 5.40. The van der Waals surface area contributed by atoms with E-state index in [1.165, 1.54) is 0 Å². The molecule has 0 aliphatic carbocycles. The van der Waals surface area contributed by atoms with Crippen molar-refractivity contribution in [1.29, 1.82) is 0 Å². The Hall–Kier alpha value is -1.63. The van der Waals surface area contributed by atoms with Crippen LogP contribution in [0.2, 0.25) is 0 Å². The number of piperidine rings is 1. The fourth-order valence-electron chi connectivity index (χ4n) is 2.52. The number of nitrogens with two attached hydrogens (primary N) is 2. The zero-order chi connectivity index (χ0) is 13.8. The van der Waals surface area contributed by atoms with E-state index in [4.69, 9.17) is 11.5 Å². The molecule has 0 amide bonds. The van der Waals surface area contributed by atoms with Crippen molar-refractivity contribution in [1.82, 2.24) is 19.9 Å². The Bertz CT molecular complexity index is 394. The minimum atomic E-state index is 0.191. The Kier molecular flexibility index (Phi) is 4.36. The van der Waals surface area contributed by atoms with Gasteiger partial charge in [0, 0.05) is 12.6 Å². The van der Waals surface area contributed by atoms with E-state index in [9.17, 15) is 0 Å². The zero-order valence-electron chi connectivity index (χ0n) is 11.7. The molecule has 19 heavy (non-hydrogen) atoms. The van der Waals surface area contributed by atoms with Gasteiger partial charge in [-0.3, -0.25) is 0 Å². The van der Waals surface area contributed by atoms with E-state index in [1.54, 1.807) is 0 Å². The van der Waals surface area contributed by atoms with Crippen LogP contribution >= 0.6 is 0 Å². The Balaban J connectivity index is 2.19. The predicted octanol–water partition coefficient (Wildman–Crippen LogP) is 0.347. The van der Waals surface area contributed by atoms with Crippen LogP contribution in [0.25, 0.3) is 0 Å². The highest BCUT2D eigenvalue weighted by Gasteiger charge is 2.25. The van der Waals surface area contributed by atoms with Gasteiger partial charge < -0.3 is 21.3 Å². The first-order chi connectivity index (χ1) is 9.10. The summed E-state index contributed by atoms with van der Waals surface area (Å²) in [6, 6.07) is 0.456. The highest BCUT2D eigenvalue weighted by Crippen LogP contribution is 2.21. The molecule has 0 atom stereocenters. The number of hydrogen-bond acceptors (Lipinski definition) is 7. The van der Waals surface area contributed by atoms with Crippen LogP contribution in [0.15, 0.2) is 0 Å². The minimum absolute atomic E-state index is 0.191. The summed E-state index contributed by atoms with van der Waals surface area (Å²) in [5.41, 5.74) is 11.3. The van der Waals surface area contributed by atoms with Gasteiger partial charge in [-0.05, 0) is 39.4 Å². The summed E-state index contributed by atoms with van der Waals surface area (Å²) < 4.78 is 0. The van der Waals surface area contributed by atoms with Gasteiger partial charge in [-0.2, -0.15) is 15.0 Å². The Labute approximate surface area is 114 Å². The van der Waals surface area contributed by atoms with E-state index >= 15 is 0 Å². The van der Waals surface area contributed by atoms with Crippen molar-refractivity contribution in [2.75, 3.05) is 43.0 Å². The average Bonchev–Trinajstić information content (AvgIpc) is 2.36. The number of rotatable bonds is 4. The van der Waals surface area contributed by atoms with Gasteiger partial charge in [0.05, 0.1) is 0 Å². The summed E-state index contributed by atoms with van der Waals surface area (Å²) in [5, 5.41) is 0. The summed E-state index contributed by atoms with van der Waals surface area (Å²) in [7, 11) is 2.15. The van der Waals surface area contributed by atoms with Gasteiger partial charge in [0.25, 0.3) is 0 Å². The Morgan fingerprint density at radius 1 is 1.16 bits per heavy atom. The van der Waals surface area contributed by atoms with Crippen LogP contribution in [0, 0.1) is 0 Å². The molecule has 7 heteroatoms. The van der Waals surface area contributed by atoms with E-state index in [1.807, 2.05) is 0 Å². The van der Waals surface area contributed by atoms with Crippen LogP contribution in [0.5, 0.6) is 0 Å². The normalized spacial score (nSPS) is 17.6. The van der Waals surface area contributed by atoms with Crippen LogP contribution in [-0.2, 0) is 0 Å². The molecule has 0 unspecified atom stereocenters. The maximum atomic E-state index is 5.67. The molecule has 0 saturated carbocycles. The molecule has 4 N–H and O–H groups in total. The lowest BCUT2D eigenvalue weighted by molar-refractivity contribution is 0.248. The second-order valence-electron chi connectivity index (χ2n) is 5.08. The van der Waals surface area contributed by atoms with Gasteiger partial charge in [0.2, 0.25) is 17.8 Å². The van der Waals surface area contributed by atoms with Crippen LogP contribution in [0.3, 0.4) is 0 Å². The van der Waals surface area contributed by atoms with E-state index in [0.29, 0.717) is 12.0 Å². The minimum Gasteiger partial charge on any atom is -0.368 e. The largest absolute Gasteiger partial charge is 0.368 e. The molecule has 7 nitrogen and oxygen atoms in total. The van der Waals surface area contributed by atoms with E-state index < -0.39 is 0 Å². The quantitative estimate of drug-likeness (QED) is 0.810. The lowest BCUT2D eigenvalue weighted by Gasteiger charge is -2.37. The standard InChI is InChI=1S/C12H23N7/c1-3-6-19(9-4-7-18(2)8-5-9)12-16-10(13)15-11(14)17-12/h9H,3-8H2,1-2H3,(H4,13,14,15,16,17). The second-order valence-corrected chi connectivity index (χ2v) is 5.08. The molecule has 0 radical (unpaired) electrons. The molecular formula is C12H23N7. The molecule has 106 valence electrons. The van der Waals surface area contributed by atoms with E-state index in [-0.39, 0.29) is 11.9 Å². The van der Waals surface area contributed by atoms with Gasteiger partial charge >= 0.3 is 0 Å². The van der Waals surface area contributed by atoms with Crippen LogP contribution < -0.4 is 16.4 Å². The third-order valence-corrected chi connectivity index (χ3v) is 3.51. The smallest absolute Gasteiger partial charge is 0.232 e. The number of nitrogen functional groups attached to an aromatic ring is 2. The van der Waals surface area contributed by atoms with Crippen molar-refractivity contribution < 1.29 is 0 Å². The lowest BCUT2D eigenvalue weighted by Crippen LogP contribution is -2.45. The molecular weight excluding hydrogens is 242 g/mol. The van der Waals surface area contributed by atoms with Crippen LogP contribution in [0.1, 0.15) is 26.2 Å². The number of hydrogen-bond donors (Lipinski definition) is 2. The molecule has 1 fully saturated rings. The fraction of sp³-hybridized carbons (Fsp3) is 0.750. The molecule has 1 aromatic heterocycles. The van der Waals surface area contributed by atoms with Crippen LogP contribution in [0.4, 0.5) is 17.8 Å². The second kappa shape index (κ2) is 6.01. The van der Waals surface area contributed by atoms with Gasteiger partial charge in [-0.1, -0.05) is 6.92 Å². The van der Waals surface area contributed by atoms with Crippen molar-refractivity contribution in [3.63, 3.8) is 0 Å². The lowest BCUT2D eigenvalue weighted by atomic mass is 10.0. The maximum absolute atomic E-state index is 5.67. The first kappa shape index (κ1) is 13.8. The summed E-state index contributed by atoms with van der Waals surface area (Å²) in [5.74, 6) is 0.995. The number of anilines is 3.